The summed E-state index contributed by atoms with van der Waals surface area (Å²) < 4.78 is 39.6. The van der Waals surface area contributed by atoms with Gasteiger partial charge in [-0.2, -0.15) is 13.2 Å². The summed E-state index contributed by atoms with van der Waals surface area (Å²) in [6.07, 6.45) is 1.49. The average molecular weight is 455 g/mol. The molecule has 0 aliphatic carbocycles. The molecule has 1 aromatic carbocycles. The molecule has 6 nitrogen and oxygen atoms in total. The highest BCUT2D eigenvalue weighted by Crippen LogP contribution is 2.32. The predicted molar refractivity (Wildman–Crippen MR) is 120 cm³/mol. The largest absolute Gasteiger partial charge is 0.417 e. The van der Waals surface area contributed by atoms with Crippen LogP contribution in [0.25, 0.3) is 0 Å². The van der Waals surface area contributed by atoms with Gasteiger partial charge in [0.2, 0.25) is 0 Å². The minimum absolute atomic E-state index is 0.341. The minimum Gasteiger partial charge on any atom is -0.355 e. The SMILES string of the molecule is O=C(Nc1ccc(N2CCCN(Cc3cccnc3)CC2)nc1)c1ccccc1C(F)(F)F. The van der Waals surface area contributed by atoms with Crippen LogP contribution >= 0.6 is 0 Å². The number of pyridine rings is 2. The van der Waals surface area contributed by atoms with E-state index in [4.69, 9.17) is 0 Å². The molecule has 9 heteroatoms. The van der Waals surface area contributed by atoms with Crippen LogP contribution in [0.15, 0.2) is 67.1 Å². The van der Waals surface area contributed by atoms with Crippen LogP contribution in [0.3, 0.4) is 0 Å². The van der Waals surface area contributed by atoms with Crippen molar-refractivity contribution in [3.63, 3.8) is 0 Å². The molecule has 0 atom stereocenters. The van der Waals surface area contributed by atoms with Crippen LogP contribution in [0.5, 0.6) is 0 Å². The van der Waals surface area contributed by atoms with E-state index in [0.29, 0.717) is 5.69 Å². The number of carbonyl (C=O) groups excluding carboxylic acids is 1. The maximum Gasteiger partial charge on any atom is 0.417 e. The third kappa shape index (κ3) is 5.87. The van der Waals surface area contributed by atoms with Gasteiger partial charge < -0.3 is 10.2 Å². The molecule has 1 amide bonds. The number of hydrogen-bond acceptors (Lipinski definition) is 5. The first kappa shape index (κ1) is 22.7. The normalized spacial score (nSPS) is 15.2. The fraction of sp³-hybridized carbons (Fsp3) is 0.292. The zero-order valence-corrected chi connectivity index (χ0v) is 17.9. The van der Waals surface area contributed by atoms with E-state index >= 15 is 0 Å². The van der Waals surface area contributed by atoms with Crippen LogP contribution in [0.1, 0.15) is 27.9 Å². The van der Waals surface area contributed by atoms with Gasteiger partial charge in [0.15, 0.2) is 0 Å². The lowest BCUT2D eigenvalue weighted by atomic mass is 10.1. The number of hydrogen-bond donors (Lipinski definition) is 1. The van der Waals surface area contributed by atoms with E-state index in [-0.39, 0.29) is 0 Å². The number of alkyl halides is 3. The highest BCUT2D eigenvalue weighted by Gasteiger charge is 2.34. The third-order valence-corrected chi connectivity index (χ3v) is 5.52. The second-order valence-electron chi connectivity index (χ2n) is 7.88. The summed E-state index contributed by atoms with van der Waals surface area (Å²) >= 11 is 0. The van der Waals surface area contributed by atoms with Gasteiger partial charge in [-0.15, -0.1) is 0 Å². The van der Waals surface area contributed by atoms with Gasteiger partial charge in [0.25, 0.3) is 5.91 Å². The quantitative estimate of drug-likeness (QED) is 0.616. The zero-order chi connectivity index (χ0) is 23.3. The van der Waals surface area contributed by atoms with Crippen molar-refractivity contribution in [3.8, 4) is 0 Å². The molecule has 0 saturated carbocycles. The number of carbonyl (C=O) groups is 1. The van der Waals surface area contributed by atoms with E-state index in [1.54, 1.807) is 18.3 Å². The van der Waals surface area contributed by atoms with E-state index < -0.39 is 23.2 Å². The van der Waals surface area contributed by atoms with Crippen molar-refractivity contribution in [2.75, 3.05) is 36.4 Å². The molecule has 33 heavy (non-hydrogen) atoms. The minimum atomic E-state index is -4.60. The molecule has 1 aliphatic heterocycles. The summed E-state index contributed by atoms with van der Waals surface area (Å²) in [7, 11) is 0. The van der Waals surface area contributed by atoms with Crippen LogP contribution in [0.2, 0.25) is 0 Å². The summed E-state index contributed by atoms with van der Waals surface area (Å²) in [5.74, 6) is -0.0507. The van der Waals surface area contributed by atoms with Crippen molar-refractivity contribution in [2.24, 2.45) is 0 Å². The molecule has 1 aliphatic rings. The van der Waals surface area contributed by atoms with Crippen molar-refractivity contribution >= 4 is 17.4 Å². The molecule has 4 rings (SSSR count). The second kappa shape index (κ2) is 9.99. The van der Waals surface area contributed by atoms with Crippen molar-refractivity contribution in [1.82, 2.24) is 14.9 Å². The fourth-order valence-electron chi connectivity index (χ4n) is 3.88. The highest BCUT2D eigenvalue weighted by atomic mass is 19.4. The van der Waals surface area contributed by atoms with Crippen molar-refractivity contribution in [2.45, 2.75) is 19.1 Å². The summed E-state index contributed by atoms with van der Waals surface area (Å²) in [6.45, 7) is 4.35. The highest BCUT2D eigenvalue weighted by molar-refractivity contribution is 6.05. The molecular formula is C24H24F3N5O. The van der Waals surface area contributed by atoms with Gasteiger partial charge in [0.1, 0.15) is 5.82 Å². The van der Waals surface area contributed by atoms with E-state index in [0.717, 1.165) is 57.1 Å². The number of rotatable bonds is 5. The maximum absolute atomic E-state index is 13.2. The van der Waals surface area contributed by atoms with Gasteiger partial charge in [-0.1, -0.05) is 18.2 Å². The Kier molecular flexibility index (Phi) is 6.88. The molecule has 2 aromatic heterocycles. The third-order valence-electron chi connectivity index (χ3n) is 5.52. The van der Waals surface area contributed by atoms with Gasteiger partial charge in [-0.25, -0.2) is 4.98 Å². The Labute approximate surface area is 190 Å². The summed E-state index contributed by atoms with van der Waals surface area (Å²) in [5.41, 5.74) is 0.132. The molecule has 0 radical (unpaired) electrons. The maximum atomic E-state index is 13.2. The summed E-state index contributed by atoms with van der Waals surface area (Å²) in [4.78, 5) is 25.6. The number of nitrogens with zero attached hydrogens (tertiary/aromatic N) is 4. The van der Waals surface area contributed by atoms with Crippen LogP contribution in [0.4, 0.5) is 24.7 Å². The van der Waals surface area contributed by atoms with Crippen LogP contribution < -0.4 is 10.2 Å². The number of benzene rings is 1. The van der Waals surface area contributed by atoms with Gasteiger partial charge in [0.05, 0.1) is 23.0 Å². The number of halogens is 3. The molecule has 0 spiro atoms. The Morgan fingerprint density at radius 2 is 1.82 bits per heavy atom. The van der Waals surface area contributed by atoms with Crippen molar-refractivity contribution in [3.05, 3.63) is 83.8 Å². The Morgan fingerprint density at radius 1 is 0.970 bits per heavy atom. The van der Waals surface area contributed by atoms with Crippen molar-refractivity contribution in [1.29, 1.82) is 0 Å². The first-order valence-corrected chi connectivity index (χ1v) is 10.7. The average Bonchev–Trinajstić information content (AvgIpc) is 3.05. The lowest BCUT2D eigenvalue weighted by molar-refractivity contribution is -0.137. The lowest BCUT2D eigenvalue weighted by Gasteiger charge is -2.23. The molecule has 0 bridgehead atoms. The van der Waals surface area contributed by atoms with Gasteiger partial charge in [-0.05, 0) is 42.3 Å². The summed E-state index contributed by atoms with van der Waals surface area (Å²) in [5, 5.41) is 2.51. The molecule has 1 saturated heterocycles. The Morgan fingerprint density at radius 3 is 2.55 bits per heavy atom. The number of aromatic nitrogens is 2. The zero-order valence-electron chi connectivity index (χ0n) is 17.9. The topological polar surface area (TPSA) is 61.4 Å². The molecule has 172 valence electrons. The van der Waals surface area contributed by atoms with Crippen LogP contribution in [-0.4, -0.2) is 47.0 Å². The van der Waals surface area contributed by atoms with Crippen molar-refractivity contribution < 1.29 is 18.0 Å². The number of nitrogens with one attached hydrogen (secondary N) is 1. The van der Waals surface area contributed by atoms with Gasteiger partial charge in [0, 0.05) is 45.1 Å². The first-order chi connectivity index (χ1) is 15.9. The molecule has 0 unspecified atom stereocenters. The monoisotopic (exact) mass is 455 g/mol. The van der Waals surface area contributed by atoms with E-state index in [9.17, 15) is 18.0 Å². The number of anilines is 2. The molecule has 3 heterocycles. The van der Waals surface area contributed by atoms with Crippen LogP contribution in [0, 0.1) is 0 Å². The predicted octanol–water partition coefficient (Wildman–Crippen LogP) is 4.46. The standard InChI is InChI=1S/C24H24F3N5O/c25-24(26,27)21-7-2-1-6-20(21)23(33)30-19-8-9-22(29-16-19)32-12-4-11-31(13-14-32)17-18-5-3-10-28-15-18/h1-3,5-10,15-16H,4,11-14,17H2,(H,30,33). The second-order valence-corrected chi connectivity index (χ2v) is 7.88. The van der Waals surface area contributed by atoms with E-state index in [2.05, 4.69) is 31.2 Å². The smallest absolute Gasteiger partial charge is 0.355 e. The molecule has 1 N–H and O–H groups in total. The summed E-state index contributed by atoms with van der Waals surface area (Å²) in [6, 6.07) is 12.2. The molecule has 1 fully saturated rings. The molecule has 3 aromatic rings. The van der Waals surface area contributed by atoms with E-state index in [1.807, 2.05) is 12.3 Å². The fourth-order valence-corrected chi connectivity index (χ4v) is 3.88. The lowest BCUT2D eigenvalue weighted by Crippen LogP contribution is -2.31. The van der Waals surface area contributed by atoms with Gasteiger partial charge in [-0.3, -0.25) is 14.7 Å². The Hall–Kier alpha value is -3.46. The van der Waals surface area contributed by atoms with Crippen LogP contribution in [-0.2, 0) is 12.7 Å². The number of amides is 1. The van der Waals surface area contributed by atoms with E-state index in [1.165, 1.54) is 23.9 Å². The molecular weight excluding hydrogens is 431 g/mol. The Bertz CT molecular complexity index is 1070. The Balaban J connectivity index is 1.37. The van der Waals surface area contributed by atoms with Gasteiger partial charge >= 0.3 is 6.18 Å². The first-order valence-electron chi connectivity index (χ1n) is 10.7.